The van der Waals surface area contributed by atoms with Crippen LogP contribution in [-0.4, -0.2) is 18.3 Å². The minimum atomic E-state index is 0.741. The van der Waals surface area contributed by atoms with Crippen molar-refractivity contribution in [2.24, 2.45) is 0 Å². The number of hydrogen-bond acceptors (Lipinski definition) is 2. The Morgan fingerprint density at radius 2 is 2.00 bits per heavy atom. The van der Waals surface area contributed by atoms with Gasteiger partial charge in [0.15, 0.2) is 0 Å². The molecular formula is C13H17Cl2NS. The van der Waals surface area contributed by atoms with Gasteiger partial charge in [0.25, 0.3) is 0 Å². The molecule has 0 spiro atoms. The normalized spacial score (nSPS) is 16.6. The number of halogens is 2. The second-order valence-corrected chi connectivity index (χ2v) is 6.34. The highest BCUT2D eigenvalue weighted by Gasteiger charge is 2.13. The van der Waals surface area contributed by atoms with Gasteiger partial charge in [0.1, 0.15) is 0 Å². The summed E-state index contributed by atoms with van der Waals surface area (Å²) in [6.45, 7) is 1.04. The van der Waals surface area contributed by atoms with E-state index in [0.29, 0.717) is 0 Å². The highest BCUT2D eigenvalue weighted by molar-refractivity contribution is 7.99. The van der Waals surface area contributed by atoms with E-state index in [9.17, 15) is 0 Å². The first-order valence-corrected chi connectivity index (χ1v) is 7.81. The molecule has 0 heterocycles. The van der Waals surface area contributed by atoms with Crippen LogP contribution >= 0.6 is 35.0 Å². The largest absolute Gasteiger partial charge is 0.313 e. The zero-order chi connectivity index (χ0) is 12.1. The zero-order valence-electron chi connectivity index (χ0n) is 9.72. The number of benzene rings is 1. The van der Waals surface area contributed by atoms with Crippen LogP contribution in [0.25, 0.3) is 0 Å². The molecule has 1 nitrogen and oxygen atoms in total. The molecule has 17 heavy (non-hydrogen) atoms. The monoisotopic (exact) mass is 289 g/mol. The first kappa shape index (κ1) is 13.5. The Labute approximate surface area is 117 Å². The molecule has 0 aliphatic heterocycles. The van der Waals surface area contributed by atoms with E-state index in [1.54, 1.807) is 11.8 Å². The highest BCUT2D eigenvalue weighted by Crippen LogP contribution is 2.29. The van der Waals surface area contributed by atoms with Gasteiger partial charge in [-0.15, -0.1) is 11.8 Å². The second-order valence-electron chi connectivity index (χ2n) is 4.36. The third-order valence-electron chi connectivity index (χ3n) is 3.04. The smallest absolute Gasteiger partial charge is 0.0542 e. The molecule has 4 heteroatoms. The van der Waals surface area contributed by atoms with Crippen LogP contribution in [-0.2, 0) is 0 Å². The summed E-state index contributed by atoms with van der Waals surface area (Å²) in [4.78, 5) is 1.08. The van der Waals surface area contributed by atoms with Crippen molar-refractivity contribution in [1.29, 1.82) is 0 Å². The molecule has 0 atom stereocenters. The SMILES string of the molecule is Clc1ccc(Cl)c(SCCNC2CCCC2)c1. The fourth-order valence-corrected chi connectivity index (χ4v) is 3.52. The van der Waals surface area contributed by atoms with Crippen LogP contribution in [0.4, 0.5) is 0 Å². The fourth-order valence-electron chi connectivity index (χ4n) is 2.14. The van der Waals surface area contributed by atoms with E-state index in [2.05, 4.69) is 5.32 Å². The Morgan fingerprint density at radius 1 is 1.24 bits per heavy atom. The summed E-state index contributed by atoms with van der Waals surface area (Å²) in [5, 5.41) is 5.13. The van der Waals surface area contributed by atoms with Gasteiger partial charge in [-0.25, -0.2) is 0 Å². The molecule has 1 aliphatic carbocycles. The zero-order valence-corrected chi connectivity index (χ0v) is 12.0. The Kier molecular flexibility index (Phi) is 5.49. The van der Waals surface area contributed by atoms with Gasteiger partial charge < -0.3 is 5.32 Å². The highest BCUT2D eigenvalue weighted by atomic mass is 35.5. The number of nitrogens with one attached hydrogen (secondary N) is 1. The number of hydrogen-bond donors (Lipinski definition) is 1. The third-order valence-corrected chi connectivity index (χ3v) is 4.77. The van der Waals surface area contributed by atoms with Crippen molar-refractivity contribution in [3.05, 3.63) is 28.2 Å². The van der Waals surface area contributed by atoms with Crippen LogP contribution in [0.1, 0.15) is 25.7 Å². The van der Waals surface area contributed by atoms with Gasteiger partial charge in [-0.1, -0.05) is 36.0 Å². The van der Waals surface area contributed by atoms with Crippen molar-refractivity contribution in [2.45, 2.75) is 36.6 Å². The second kappa shape index (κ2) is 6.89. The molecular weight excluding hydrogens is 273 g/mol. The molecule has 1 saturated carbocycles. The van der Waals surface area contributed by atoms with Crippen molar-refractivity contribution in [2.75, 3.05) is 12.3 Å². The van der Waals surface area contributed by atoms with E-state index in [1.807, 2.05) is 18.2 Å². The van der Waals surface area contributed by atoms with E-state index in [4.69, 9.17) is 23.2 Å². The van der Waals surface area contributed by atoms with Crippen molar-refractivity contribution in [3.8, 4) is 0 Å². The number of thioether (sulfide) groups is 1. The molecule has 94 valence electrons. The molecule has 0 aromatic heterocycles. The summed E-state index contributed by atoms with van der Waals surface area (Å²) in [5.41, 5.74) is 0. The fraction of sp³-hybridized carbons (Fsp3) is 0.538. The average molecular weight is 290 g/mol. The third kappa shape index (κ3) is 4.36. The Morgan fingerprint density at radius 3 is 2.76 bits per heavy atom. The quantitative estimate of drug-likeness (QED) is 0.627. The first-order chi connectivity index (χ1) is 8.25. The van der Waals surface area contributed by atoms with Gasteiger partial charge >= 0.3 is 0 Å². The van der Waals surface area contributed by atoms with Crippen molar-refractivity contribution in [1.82, 2.24) is 5.32 Å². The Balaban J connectivity index is 1.72. The molecule has 0 saturated heterocycles. The average Bonchev–Trinajstić information content (AvgIpc) is 2.82. The lowest BCUT2D eigenvalue weighted by atomic mass is 10.2. The molecule has 1 aromatic rings. The van der Waals surface area contributed by atoms with Crippen LogP contribution in [0.5, 0.6) is 0 Å². The maximum atomic E-state index is 6.10. The van der Waals surface area contributed by atoms with Crippen molar-refractivity contribution in [3.63, 3.8) is 0 Å². The summed E-state index contributed by atoms with van der Waals surface area (Å²) >= 11 is 13.8. The summed E-state index contributed by atoms with van der Waals surface area (Å²) in [5.74, 6) is 1.04. The van der Waals surface area contributed by atoms with Crippen LogP contribution in [0.2, 0.25) is 10.0 Å². The molecule has 1 aromatic carbocycles. The van der Waals surface area contributed by atoms with Gasteiger partial charge in [-0.05, 0) is 31.0 Å². The van der Waals surface area contributed by atoms with Crippen LogP contribution in [0.3, 0.4) is 0 Å². The summed E-state index contributed by atoms with van der Waals surface area (Å²) in [6.07, 6.45) is 5.43. The molecule has 0 radical (unpaired) electrons. The maximum absolute atomic E-state index is 6.10. The van der Waals surface area contributed by atoms with E-state index in [0.717, 1.165) is 33.3 Å². The van der Waals surface area contributed by atoms with Crippen LogP contribution < -0.4 is 5.32 Å². The van der Waals surface area contributed by atoms with E-state index >= 15 is 0 Å². The minimum Gasteiger partial charge on any atom is -0.313 e. The summed E-state index contributed by atoms with van der Waals surface area (Å²) in [6, 6.07) is 6.36. The lowest BCUT2D eigenvalue weighted by molar-refractivity contribution is 0.545. The van der Waals surface area contributed by atoms with Crippen molar-refractivity contribution >= 4 is 35.0 Å². The number of rotatable bonds is 5. The Hall–Kier alpha value is 0.110. The van der Waals surface area contributed by atoms with Crippen LogP contribution in [0, 0.1) is 0 Å². The predicted octanol–water partition coefficient (Wildman–Crippen LogP) is 4.62. The predicted molar refractivity (Wildman–Crippen MR) is 77.4 cm³/mol. The van der Waals surface area contributed by atoms with Gasteiger partial charge in [0, 0.05) is 28.3 Å². The van der Waals surface area contributed by atoms with E-state index in [-0.39, 0.29) is 0 Å². The molecule has 1 aliphatic rings. The summed E-state index contributed by atoms with van der Waals surface area (Å²) in [7, 11) is 0. The lowest BCUT2D eigenvalue weighted by Crippen LogP contribution is -2.28. The first-order valence-electron chi connectivity index (χ1n) is 6.07. The Bertz CT molecular complexity index is 364. The van der Waals surface area contributed by atoms with Crippen molar-refractivity contribution < 1.29 is 0 Å². The standard InChI is InChI=1S/C13H17Cl2NS/c14-10-5-6-12(15)13(9-10)17-8-7-16-11-3-1-2-4-11/h5-6,9,11,16H,1-4,7-8H2. The minimum absolute atomic E-state index is 0.741. The molecule has 0 bridgehead atoms. The molecule has 2 rings (SSSR count). The van der Waals surface area contributed by atoms with E-state index < -0.39 is 0 Å². The van der Waals surface area contributed by atoms with Gasteiger partial charge in [0.05, 0.1) is 5.02 Å². The van der Waals surface area contributed by atoms with E-state index in [1.165, 1.54) is 25.7 Å². The summed E-state index contributed by atoms with van der Waals surface area (Å²) < 4.78 is 0. The maximum Gasteiger partial charge on any atom is 0.0542 e. The van der Waals surface area contributed by atoms with Gasteiger partial charge in [-0.2, -0.15) is 0 Å². The topological polar surface area (TPSA) is 12.0 Å². The lowest BCUT2D eigenvalue weighted by Gasteiger charge is -2.11. The van der Waals surface area contributed by atoms with Gasteiger partial charge in [-0.3, -0.25) is 0 Å². The van der Waals surface area contributed by atoms with Gasteiger partial charge in [0.2, 0.25) is 0 Å². The molecule has 0 unspecified atom stereocenters. The molecule has 0 amide bonds. The molecule has 1 N–H and O–H groups in total. The molecule has 1 fully saturated rings. The van der Waals surface area contributed by atoms with Crippen LogP contribution in [0.15, 0.2) is 23.1 Å².